The third-order valence-electron chi connectivity index (χ3n) is 2.27. The van der Waals surface area contributed by atoms with Gasteiger partial charge in [0, 0.05) is 12.2 Å². The maximum atomic E-state index is 10.6. The van der Waals surface area contributed by atoms with Gasteiger partial charge in [0.05, 0.1) is 13.2 Å². The first-order valence-electron chi connectivity index (χ1n) is 7.24. The third kappa shape index (κ3) is 18.4. The number of hydrogen-bond acceptors (Lipinski definition) is 4. The molecule has 0 saturated heterocycles. The van der Waals surface area contributed by atoms with Crippen LogP contribution in [0.5, 0.6) is 0 Å². The summed E-state index contributed by atoms with van der Waals surface area (Å²) in [6.07, 6.45) is 4.60. The highest BCUT2D eigenvalue weighted by Gasteiger charge is 2.11. The second kappa shape index (κ2) is 12.2. The van der Waals surface area contributed by atoms with Crippen LogP contribution in [0.1, 0.15) is 47.5 Å². The summed E-state index contributed by atoms with van der Waals surface area (Å²) in [6, 6.07) is 0. The van der Waals surface area contributed by atoms with Crippen LogP contribution in [0, 0.1) is 11.3 Å². The smallest absolute Gasteiger partial charge is 0.330 e. The molecule has 0 aliphatic rings. The molecule has 0 heterocycles. The van der Waals surface area contributed by atoms with E-state index in [1.54, 1.807) is 0 Å². The van der Waals surface area contributed by atoms with Crippen LogP contribution in [-0.4, -0.2) is 25.2 Å². The molecule has 4 nitrogen and oxygen atoms in total. The predicted octanol–water partition coefficient (Wildman–Crippen LogP) is 3.91. The summed E-state index contributed by atoms with van der Waals surface area (Å²) >= 11 is 0. The van der Waals surface area contributed by atoms with Crippen molar-refractivity contribution in [2.45, 2.75) is 47.5 Å². The Bertz CT molecular complexity index is 326. The highest BCUT2D eigenvalue weighted by atomic mass is 16.5. The molecule has 21 heavy (non-hydrogen) atoms. The maximum absolute atomic E-state index is 10.6. The van der Waals surface area contributed by atoms with E-state index in [0.29, 0.717) is 19.1 Å². The minimum atomic E-state index is -0.352. The number of esters is 2. The quantitative estimate of drug-likeness (QED) is 0.528. The van der Waals surface area contributed by atoms with Gasteiger partial charge in [0.15, 0.2) is 0 Å². The lowest BCUT2D eigenvalue weighted by atomic mass is 9.99. The molecule has 0 radical (unpaired) electrons. The molecule has 0 N–H and O–H groups in total. The van der Waals surface area contributed by atoms with Crippen molar-refractivity contribution in [2.24, 2.45) is 11.3 Å². The van der Waals surface area contributed by atoms with E-state index in [2.05, 4.69) is 27.0 Å². The summed E-state index contributed by atoms with van der Waals surface area (Å²) in [6.45, 7) is 17.7. The normalized spacial score (nSPS) is 11.5. The summed E-state index contributed by atoms with van der Waals surface area (Å²) in [5.74, 6) is -0.216. The molecule has 0 aromatic carbocycles. The van der Waals surface area contributed by atoms with Gasteiger partial charge in [-0.05, 0) is 17.8 Å². The number of carbonyl (C=O) groups excluding carboxylic acids is 2. The van der Waals surface area contributed by atoms with Crippen LogP contribution in [0.2, 0.25) is 0 Å². The Balaban J connectivity index is 0. The average Bonchev–Trinajstić information content (AvgIpc) is 2.42. The van der Waals surface area contributed by atoms with Crippen molar-refractivity contribution in [3.8, 4) is 0 Å². The minimum Gasteiger partial charge on any atom is -0.462 e. The molecule has 0 fully saturated rings. The molecular weight excluding hydrogens is 268 g/mol. The fraction of sp³-hybridized carbons (Fsp3) is 0.647. The zero-order valence-electron chi connectivity index (χ0n) is 14.1. The molecule has 122 valence electrons. The largest absolute Gasteiger partial charge is 0.462 e. The van der Waals surface area contributed by atoms with Gasteiger partial charge in [-0.3, -0.25) is 0 Å². The van der Waals surface area contributed by atoms with Crippen LogP contribution in [0.4, 0.5) is 0 Å². The molecular formula is C17H30O4. The van der Waals surface area contributed by atoms with Crippen molar-refractivity contribution in [3.63, 3.8) is 0 Å². The summed E-state index contributed by atoms with van der Waals surface area (Å²) in [5.41, 5.74) is 0.0403. The molecule has 0 saturated carbocycles. The lowest BCUT2D eigenvalue weighted by Crippen LogP contribution is -2.16. The Hall–Kier alpha value is -1.58. The van der Waals surface area contributed by atoms with Crippen LogP contribution < -0.4 is 0 Å². The van der Waals surface area contributed by atoms with E-state index < -0.39 is 0 Å². The van der Waals surface area contributed by atoms with Gasteiger partial charge in [-0.25, -0.2) is 9.59 Å². The van der Waals surface area contributed by atoms with Gasteiger partial charge in [-0.2, -0.15) is 0 Å². The monoisotopic (exact) mass is 298 g/mol. The highest BCUT2D eigenvalue weighted by Crippen LogP contribution is 2.12. The molecule has 0 aromatic heterocycles. The maximum Gasteiger partial charge on any atom is 0.330 e. The first-order valence-corrected chi connectivity index (χ1v) is 7.24. The molecule has 1 unspecified atom stereocenters. The average molecular weight is 298 g/mol. The van der Waals surface area contributed by atoms with Gasteiger partial charge < -0.3 is 9.47 Å². The van der Waals surface area contributed by atoms with Crippen molar-refractivity contribution in [2.75, 3.05) is 13.2 Å². The molecule has 0 bridgehead atoms. The van der Waals surface area contributed by atoms with E-state index in [1.165, 1.54) is 12.2 Å². The lowest BCUT2D eigenvalue weighted by Gasteiger charge is -2.16. The van der Waals surface area contributed by atoms with Crippen molar-refractivity contribution in [1.82, 2.24) is 0 Å². The van der Waals surface area contributed by atoms with Crippen LogP contribution in [0.15, 0.2) is 25.3 Å². The molecule has 0 aliphatic heterocycles. The van der Waals surface area contributed by atoms with Crippen molar-refractivity contribution >= 4 is 11.9 Å². The zero-order valence-corrected chi connectivity index (χ0v) is 14.1. The third-order valence-corrected chi connectivity index (χ3v) is 2.27. The Kier molecular flexibility index (Phi) is 12.6. The second-order valence-electron chi connectivity index (χ2n) is 6.10. The summed E-state index contributed by atoms with van der Waals surface area (Å²) in [5, 5.41) is 0. The van der Waals surface area contributed by atoms with Gasteiger partial charge in [-0.1, -0.05) is 54.2 Å². The van der Waals surface area contributed by atoms with E-state index in [4.69, 9.17) is 9.47 Å². The first-order chi connectivity index (χ1) is 9.66. The van der Waals surface area contributed by atoms with Crippen molar-refractivity contribution in [3.05, 3.63) is 25.3 Å². The Morgan fingerprint density at radius 3 is 1.95 bits per heavy atom. The predicted molar refractivity (Wildman–Crippen MR) is 85.8 cm³/mol. The molecule has 1 atom stereocenters. The molecule has 0 amide bonds. The van der Waals surface area contributed by atoms with E-state index in [-0.39, 0.29) is 17.4 Å². The summed E-state index contributed by atoms with van der Waals surface area (Å²) < 4.78 is 9.65. The number of rotatable bonds is 7. The summed E-state index contributed by atoms with van der Waals surface area (Å²) in [7, 11) is 0. The van der Waals surface area contributed by atoms with Gasteiger partial charge in [0.1, 0.15) is 0 Å². The molecule has 0 aromatic rings. The standard InChI is InChI=1S/C9H16O2.C8H14O2/c1-4-6-8(3)7-11-9(10)5-2;1-5-7(9)10-6-8(2,3)4/h5,8H,2,4,6-7H2,1,3H3;5H,1,6H2,2-4H3. The summed E-state index contributed by atoms with van der Waals surface area (Å²) in [4.78, 5) is 21.1. The highest BCUT2D eigenvalue weighted by molar-refractivity contribution is 5.81. The molecule has 0 spiro atoms. The van der Waals surface area contributed by atoms with E-state index in [9.17, 15) is 9.59 Å². The van der Waals surface area contributed by atoms with Gasteiger partial charge in [0.25, 0.3) is 0 Å². The molecule has 0 aliphatic carbocycles. The minimum absolute atomic E-state index is 0.0403. The van der Waals surface area contributed by atoms with Crippen molar-refractivity contribution in [1.29, 1.82) is 0 Å². The van der Waals surface area contributed by atoms with Crippen LogP contribution in [0.25, 0.3) is 0 Å². The Labute approximate surface area is 129 Å². The SMILES string of the molecule is C=CC(=O)OCC(C)(C)C.C=CC(=O)OCC(C)CCC. The van der Waals surface area contributed by atoms with Crippen LogP contribution >= 0.6 is 0 Å². The van der Waals surface area contributed by atoms with Crippen LogP contribution in [0.3, 0.4) is 0 Å². The molecule has 4 heteroatoms. The zero-order chi connectivity index (χ0) is 16.9. The van der Waals surface area contributed by atoms with Crippen LogP contribution in [-0.2, 0) is 19.1 Å². The van der Waals surface area contributed by atoms with Gasteiger partial charge in [-0.15, -0.1) is 0 Å². The lowest BCUT2D eigenvalue weighted by molar-refractivity contribution is -0.140. The molecule has 0 rings (SSSR count). The van der Waals surface area contributed by atoms with Gasteiger partial charge in [0.2, 0.25) is 0 Å². The topological polar surface area (TPSA) is 52.6 Å². The first kappa shape index (κ1) is 21.7. The van der Waals surface area contributed by atoms with E-state index >= 15 is 0 Å². The fourth-order valence-corrected chi connectivity index (χ4v) is 1.21. The van der Waals surface area contributed by atoms with E-state index in [1.807, 2.05) is 20.8 Å². The fourth-order valence-electron chi connectivity index (χ4n) is 1.21. The Morgan fingerprint density at radius 1 is 1.10 bits per heavy atom. The van der Waals surface area contributed by atoms with Gasteiger partial charge >= 0.3 is 11.9 Å². The van der Waals surface area contributed by atoms with Crippen molar-refractivity contribution < 1.29 is 19.1 Å². The number of hydrogen-bond donors (Lipinski definition) is 0. The number of carbonyl (C=O) groups is 2. The second-order valence-corrected chi connectivity index (χ2v) is 6.10. The Morgan fingerprint density at radius 2 is 1.57 bits per heavy atom. The number of ether oxygens (including phenoxy) is 2. The van der Waals surface area contributed by atoms with E-state index in [0.717, 1.165) is 12.8 Å².